The predicted molar refractivity (Wildman–Crippen MR) is 72.7 cm³/mol. The molecular weight excluding hydrogens is 300 g/mol. The second-order valence-electron chi connectivity index (χ2n) is 4.35. The quantitative estimate of drug-likeness (QED) is 0.657. The highest BCUT2D eigenvalue weighted by molar-refractivity contribution is 9.10. The van der Waals surface area contributed by atoms with Crippen molar-refractivity contribution in [3.63, 3.8) is 0 Å². The Hall–Kier alpha value is -1.21. The number of rotatable bonds is 4. The molecule has 0 aliphatic carbocycles. The lowest BCUT2D eigenvalue weighted by Gasteiger charge is -2.23. The number of aromatic nitrogens is 1. The maximum Gasteiger partial charge on any atom is 0.311 e. The zero-order valence-electron chi connectivity index (χ0n) is 9.86. The molecule has 1 aromatic heterocycles. The minimum absolute atomic E-state index is 0.0123. The van der Waals surface area contributed by atoms with Gasteiger partial charge < -0.3 is 10.6 Å². The summed E-state index contributed by atoms with van der Waals surface area (Å²) in [4.78, 5) is 14.3. The van der Waals surface area contributed by atoms with Crippen LogP contribution >= 0.6 is 15.9 Å². The molecule has 0 unspecified atom stereocenters. The second-order valence-corrected chi connectivity index (χ2v) is 5.20. The molecule has 1 aromatic rings. The molecular formula is C11H15BrN4O2. The van der Waals surface area contributed by atoms with Crippen molar-refractivity contribution in [3.8, 4) is 0 Å². The second kappa shape index (κ2) is 6.10. The van der Waals surface area contributed by atoms with Crippen LogP contribution in [0.15, 0.2) is 16.9 Å². The number of pyridine rings is 1. The van der Waals surface area contributed by atoms with E-state index in [1.807, 2.05) is 0 Å². The van der Waals surface area contributed by atoms with Gasteiger partial charge >= 0.3 is 5.69 Å². The van der Waals surface area contributed by atoms with E-state index in [0.717, 1.165) is 32.5 Å². The minimum Gasteiger partial charge on any atom is -0.378 e. The van der Waals surface area contributed by atoms with E-state index in [2.05, 4.69) is 31.5 Å². The Morgan fingerprint density at radius 3 is 2.89 bits per heavy atom. The van der Waals surface area contributed by atoms with E-state index >= 15 is 0 Å². The summed E-state index contributed by atoms with van der Waals surface area (Å²) in [5.41, 5.74) is 0.534. The number of piperidine rings is 1. The Morgan fingerprint density at radius 2 is 2.22 bits per heavy atom. The third kappa shape index (κ3) is 3.17. The molecule has 1 aliphatic heterocycles. The van der Waals surface area contributed by atoms with E-state index in [1.54, 1.807) is 6.20 Å². The van der Waals surface area contributed by atoms with E-state index < -0.39 is 4.92 Å². The summed E-state index contributed by atoms with van der Waals surface area (Å²) in [7, 11) is 0. The van der Waals surface area contributed by atoms with Gasteiger partial charge in [0.05, 0.1) is 9.40 Å². The van der Waals surface area contributed by atoms with Gasteiger partial charge in [0.15, 0.2) is 0 Å². The van der Waals surface area contributed by atoms with E-state index in [9.17, 15) is 10.1 Å². The largest absolute Gasteiger partial charge is 0.378 e. The maximum absolute atomic E-state index is 10.9. The summed E-state index contributed by atoms with van der Waals surface area (Å²) in [6.07, 6.45) is 5.04. The van der Waals surface area contributed by atoms with Crippen LogP contribution in [0, 0.1) is 16.0 Å². The summed E-state index contributed by atoms with van der Waals surface area (Å²) < 4.78 is 0.630. The lowest BCUT2D eigenvalue weighted by Crippen LogP contribution is -2.31. The average molecular weight is 315 g/mol. The van der Waals surface area contributed by atoms with Gasteiger partial charge in [-0.2, -0.15) is 0 Å². The molecule has 0 amide bonds. The van der Waals surface area contributed by atoms with Crippen molar-refractivity contribution < 1.29 is 4.92 Å². The van der Waals surface area contributed by atoms with Gasteiger partial charge in [-0.3, -0.25) is 15.1 Å². The Morgan fingerprint density at radius 1 is 1.50 bits per heavy atom. The zero-order valence-corrected chi connectivity index (χ0v) is 11.4. The van der Waals surface area contributed by atoms with Crippen LogP contribution in [0.3, 0.4) is 0 Å². The first kappa shape index (κ1) is 13.2. The van der Waals surface area contributed by atoms with Gasteiger partial charge in [0.1, 0.15) is 11.9 Å². The van der Waals surface area contributed by atoms with Gasteiger partial charge in [-0.05, 0) is 47.8 Å². The number of nitro groups is 1. The highest BCUT2D eigenvalue weighted by Gasteiger charge is 2.19. The molecule has 7 heteroatoms. The van der Waals surface area contributed by atoms with Gasteiger partial charge in [0, 0.05) is 12.7 Å². The molecule has 0 atom stereocenters. The topological polar surface area (TPSA) is 80.1 Å². The monoisotopic (exact) mass is 314 g/mol. The minimum atomic E-state index is -0.414. The van der Waals surface area contributed by atoms with Crippen molar-refractivity contribution in [1.82, 2.24) is 10.3 Å². The van der Waals surface area contributed by atoms with Crippen LogP contribution in [0.5, 0.6) is 0 Å². The van der Waals surface area contributed by atoms with Crippen LogP contribution in [-0.4, -0.2) is 29.5 Å². The molecule has 0 saturated carbocycles. The molecule has 6 nitrogen and oxygen atoms in total. The first-order valence-corrected chi connectivity index (χ1v) is 6.70. The number of hydrogen-bond acceptors (Lipinski definition) is 5. The molecule has 2 rings (SSSR count). The Labute approximate surface area is 113 Å². The third-order valence-electron chi connectivity index (χ3n) is 3.10. The molecule has 2 N–H and O–H groups in total. The van der Waals surface area contributed by atoms with E-state index in [0.29, 0.717) is 16.1 Å². The van der Waals surface area contributed by atoms with Gasteiger partial charge in [-0.1, -0.05) is 0 Å². The van der Waals surface area contributed by atoms with Gasteiger partial charge in [0.25, 0.3) is 0 Å². The van der Waals surface area contributed by atoms with Gasteiger partial charge in [-0.15, -0.1) is 0 Å². The molecule has 0 aromatic carbocycles. The highest BCUT2D eigenvalue weighted by atomic mass is 79.9. The first-order valence-electron chi connectivity index (χ1n) is 5.91. The van der Waals surface area contributed by atoms with Crippen molar-refractivity contribution in [2.24, 2.45) is 5.92 Å². The Balaban J connectivity index is 2.05. The van der Waals surface area contributed by atoms with Crippen LogP contribution in [0.25, 0.3) is 0 Å². The molecule has 98 valence electrons. The van der Waals surface area contributed by atoms with Crippen molar-refractivity contribution in [2.75, 3.05) is 25.0 Å². The van der Waals surface area contributed by atoms with Crippen LogP contribution in [0.4, 0.5) is 11.4 Å². The predicted octanol–water partition coefficient (Wildman–Crippen LogP) is 2.16. The molecule has 1 saturated heterocycles. The van der Waals surface area contributed by atoms with E-state index in [-0.39, 0.29) is 5.69 Å². The third-order valence-corrected chi connectivity index (χ3v) is 3.70. The highest BCUT2D eigenvalue weighted by Crippen LogP contribution is 2.31. The summed E-state index contributed by atoms with van der Waals surface area (Å²) in [5.74, 6) is 0.561. The van der Waals surface area contributed by atoms with Crippen molar-refractivity contribution in [3.05, 3.63) is 27.0 Å². The number of nitrogens with one attached hydrogen (secondary N) is 2. The maximum atomic E-state index is 10.9. The van der Waals surface area contributed by atoms with Crippen molar-refractivity contribution in [2.45, 2.75) is 12.8 Å². The molecule has 2 heterocycles. The molecule has 1 aliphatic rings. The smallest absolute Gasteiger partial charge is 0.311 e. The molecule has 18 heavy (non-hydrogen) atoms. The average Bonchev–Trinajstić information content (AvgIpc) is 2.38. The van der Waals surface area contributed by atoms with Crippen molar-refractivity contribution in [1.29, 1.82) is 0 Å². The van der Waals surface area contributed by atoms with E-state index in [1.165, 1.54) is 6.20 Å². The van der Waals surface area contributed by atoms with Crippen LogP contribution in [0.2, 0.25) is 0 Å². The summed E-state index contributed by atoms with van der Waals surface area (Å²) >= 11 is 3.30. The van der Waals surface area contributed by atoms with Gasteiger partial charge in [-0.25, -0.2) is 0 Å². The lowest BCUT2D eigenvalue weighted by molar-refractivity contribution is -0.384. The number of halogens is 1. The molecule has 1 fully saturated rings. The number of hydrogen-bond donors (Lipinski definition) is 2. The standard InChI is InChI=1S/C11H15BrN4O2/c12-9-6-14-7-10(16(17)18)11(9)15-5-8-1-3-13-4-2-8/h6-8,13H,1-5H2,(H,14,15). The fraction of sp³-hybridized carbons (Fsp3) is 0.545. The van der Waals surface area contributed by atoms with Crippen LogP contribution in [0.1, 0.15) is 12.8 Å². The molecule has 0 bridgehead atoms. The van der Waals surface area contributed by atoms with E-state index in [4.69, 9.17) is 0 Å². The lowest BCUT2D eigenvalue weighted by atomic mass is 9.98. The Bertz CT molecular complexity index is 435. The van der Waals surface area contributed by atoms with Crippen LogP contribution in [-0.2, 0) is 0 Å². The first-order chi connectivity index (χ1) is 8.68. The van der Waals surface area contributed by atoms with Crippen molar-refractivity contribution >= 4 is 27.3 Å². The molecule has 0 radical (unpaired) electrons. The Kier molecular flexibility index (Phi) is 4.48. The fourth-order valence-electron chi connectivity index (χ4n) is 2.07. The van der Waals surface area contributed by atoms with Crippen LogP contribution < -0.4 is 10.6 Å². The zero-order chi connectivity index (χ0) is 13.0. The van der Waals surface area contributed by atoms with Gasteiger partial charge in [0.2, 0.25) is 0 Å². The molecule has 0 spiro atoms. The fourth-order valence-corrected chi connectivity index (χ4v) is 2.53. The summed E-state index contributed by atoms with van der Waals surface area (Å²) in [6, 6.07) is 0. The SMILES string of the molecule is O=[N+]([O-])c1cncc(Br)c1NCC1CCNCC1. The normalized spacial score (nSPS) is 16.5. The number of nitrogens with zero attached hydrogens (tertiary/aromatic N) is 2. The number of anilines is 1. The summed E-state index contributed by atoms with van der Waals surface area (Å²) in [6.45, 7) is 2.79. The summed E-state index contributed by atoms with van der Waals surface area (Å²) in [5, 5.41) is 17.4.